The lowest BCUT2D eigenvalue weighted by Crippen LogP contribution is -2.14. The lowest BCUT2D eigenvalue weighted by molar-refractivity contribution is -0.137. The number of carboxylic acid groups (broad SMARTS) is 1. The van der Waals surface area contributed by atoms with Crippen LogP contribution in [0, 0.1) is 0 Å². The van der Waals surface area contributed by atoms with E-state index in [-0.39, 0.29) is 6.54 Å². The van der Waals surface area contributed by atoms with Crippen LogP contribution in [0.4, 0.5) is 0 Å². The standard InChI is InChI=1S/C12H12N2O3/c15-10(16)8-14-7-6-13-12(14)11(17)9-4-2-1-3-5-9/h1-7,11,17H,8H2,(H,15,16)/t11-/m1/s1. The van der Waals surface area contributed by atoms with Gasteiger partial charge in [0.2, 0.25) is 0 Å². The molecule has 88 valence electrons. The van der Waals surface area contributed by atoms with Gasteiger partial charge in [0.05, 0.1) is 0 Å². The number of aromatic nitrogens is 2. The second kappa shape index (κ2) is 4.80. The van der Waals surface area contributed by atoms with E-state index in [1.165, 1.54) is 17.0 Å². The van der Waals surface area contributed by atoms with Gasteiger partial charge in [-0.3, -0.25) is 4.79 Å². The molecule has 0 aliphatic rings. The van der Waals surface area contributed by atoms with E-state index < -0.39 is 12.1 Å². The number of nitrogens with zero attached hydrogens (tertiary/aromatic N) is 2. The first-order chi connectivity index (χ1) is 8.18. The molecule has 5 heteroatoms. The first kappa shape index (κ1) is 11.3. The fourth-order valence-corrected chi connectivity index (χ4v) is 1.63. The average Bonchev–Trinajstić information content (AvgIpc) is 2.76. The molecule has 0 saturated carbocycles. The molecule has 2 aromatic rings. The van der Waals surface area contributed by atoms with Crippen molar-refractivity contribution in [3.05, 3.63) is 54.1 Å². The van der Waals surface area contributed by atoms with Crippen LogP contribution in [0.5, 0.6) is 0 Å². The maximum atomic E-state index is 10.6. The molecule has 0 fully saturated rings. The molecule has 0 spiro atoms. The fraction of sp³-hybridized carbons (Fsp3) is 0.167. The molecule has 1 heterocycles. The third kappa shape index (κ3) is 2.51. The monoisotopic (exact) mass is 232 g/mol. The molecule has 0 aliphatic heterocycles. The molecule has 0 saturated heterocycles. The van der Waals surface area contributed by atoms with Crippen molar-refractivity contribution < 1.29 is 15.0 Å². The highest BCUT2D eigenvalue weighted by Crippen LogP contribution is 2.19. The number of aliphatic hydroxyl groups excluding tert-OH is 1. The predicted octanol–water partition coefficient (Wildman–Crippen LogP) is 1.05. The Morgan fingerprint density at radius 3 is 2.71 bits per heavy atom. The van der Waals surface area contributed by atoms with Gasteiger partial charge in [-0.25, -0.2) is 4.98 Å². The Kier molecular flexibility index (Phi) is 3.20. The van der Waals surface area contributed by atoms with Gasteiger partial charge in [0.1, 0.15) is 18.5 Å². The number of aliphatic carboxylic acids is 1. The third-order valence-corrected chi connectivity index (χ3v) is 2.41. The van der Waals surface area contributed by atoms with E-state index in [0.29, 0.717) is 11.4 Å². The Morgan fingerprint density at radius 2 is 2.06 bits per heavy atom. The highest BCUT2D eigenvalue weighted by atomic mass is 16.4. The maximum Gasteiger partial charge on any atom is 0.323 e. The molecule has 1 aromatic heterocycles. The Morgan fingerprint density at radius 1 is 1.35 bits per heavy atom. The molecule has 0 unspecified atom stereocenters. The van der Waals surface area contributed by atoms with Crippen LogP contribution in [-0.2, 0) is 11.3 Å². The highest BCUT2D eigenvalue weighted by Gasteiger charge is 2.16. The van der Waals surface area contributed by atoms with Crippen LogP contribution in [0.1, 0.15) is 17.5 Å². The smallest absolute Gasteiger partial charge is 0.323 e. The summed E-state index contributed by atoms with van der Waals surface area (Å²) in [6.07, 6.45) is 2.10. The van der Waals surface area contributed by atoms with Gasteiger partial charge in [0.25, 0.3) is 0 Å². The fourth-order valence-electron chi connectivity index (χ4n) is 1.63. The van der Waals surface area contributed by atoms with Crippen molar-refractivity contribution in [2.45, 2.75) is 12.6 Å². The van der Waals surface area contributed by atoms with E-state index >= 15 is 0 Å². The molecular formula is C12H12N2O3. The number of benzene rings is 1. The third-order valence-electron chi connectivity index (χ3n) is 2.41. The predicted molar refractivity (Wildman–Crippen MR) is 60.4 cm³/mol. The number of hydrogen-bond donors (Lipinski definition) is 2. The number of hydrogen-bond acceptors (Lipinski definition) is 3. The van der Waals surface area contributed by atoms with Crippen molar-refractivity contribution in [1.29, 1.82) is 0 Å². The summed E-state index contributed by atoms with van der Waals surface area (Å²) in [6.45, 7) is -0.209. The van der Waals surface area contributed by atoms with Gasteiger partial charge >= 0.3 is 5.97 Å². The van der Waals surface area contributed by atoms with E-state index in [1.54, 1.807) is 12.1 Å². The quantitative estimate of drug-likeness (QED) is 0.826. The van der Waals surface area contributed by atoms with Crippen LogP contribution in [-0.4, -0.2) is 25.7 Å². The highest BCUT2D eigenvalue weighted by molar-refractivity contribution is 5.66. The van der Waals surface area contributed by atoms with Gasteiger partial charge in [-0.05, 0) is 5.56 Å². The Labute approximate surface area is 98.0 Å². The second-order valence-corrected chi connectivity index (χ2v) is 3.62. The first-order valence-electron chi connectivity index (χ1n) is 5.14. The van der Waals surface area contributed by atoms with Crippen molar-refractivity contribution >= 4 is 5.97 Å². The van der Waals surface area contributed by atoms with Crippen molar-refractivity contribution in [2.24, 2.45) is 0 Å². The summed E-state index contributed by atoms with van der Waals surface area (Å²) in [5.74, 6) is -0.636. The lowest BCUT2D eigenvalue weighted by atomic mass is 10.1. The average molecular weight is 232 g/mol. The number of carbonyl (C=O) groups is 1. The minimum atomic E-state index is -0.968. The van der Waals surface area contributed by atoms with Gasteiger partial charge in [0.15, 0.2) is 0 Å². The van der Waals surface area contributed by atoms with Gasteiger partial charge in [0, 0.05) is 12.4 Å². The van der Waals surface area contributed by atoms with Crippen molar-refractivity contribution in [1.82, 2.24) is 9.55 Å². The molecule has 0 bridgehead atoms. The summed E-state index contributed by atoms with van der Waals surface area (Å²) in [5.41, 5.74) is 0.685. The molecule has 5 nitrogen and oxygen atoms in total. The number of rotatable bonds is 4. The van der Waals surface area contributed by atoms with Gasteiger partial charge in [-0.1, -0.05) is 30.3 Å². The van der Waals surface area contributed by atoms with Crippen molar-refractivity contribution in [3.63, 3.8) is 0 Å². The summed E-state index contributed by atoms with van der Waals surface area (Å²) in [7, 11) is 0. The van der Waals surface area contributed by atoms with E-state index in [0.717, 1.165) is 0 Å². The topological polar surface area (TPSA) is 75.3 Å². The van der Waals surface area contributed by atoms with Crippen molar-refractivity contribution in [2.75, 3.05) is 0 Å². The van der Waals surface area contributed by atoms with Crippen LogP contribution in [0.2, 0.25) is 0 Å². The molecule has 1 atom stereocenters. The zero-order chi connectivity index (χ0) is 12.3. The first-order valence-corrected chi connectivity index (χ1v) is 5.14. The van der Waals surface area contributed by atoms with Gasteiger partial charge in [-0.15, -0.1) is 0 Å². The summed E-state index contributed by atoms with van der Waals surface area (Å²) in [4.78, 5) is 14.6. The van der Waals surface area contributed by atoms with Crippen LogP contribution in [0.15, 0.2) is 42.7 Å². The van der Waals surface area contributed by atoms with Crippen LogP contribution in [0.25, 0.3) is 0 Å². The van der Waals surface area contributed by atoms with E-state index in [2.05, 4.69) is 4.98 Å². The van der Waals surface area contributed by atoms with Crippen molar-refractivity contribution in [3.8, 4) is 0 Å². The minimum Gasteiger partial charge on any atom is -0.480 e. The SMILES string of the molecule is O=C(O)Cn1ccnc1[C@H](O)c1ccccc1. The molecular weight excluding hydrogens is 220 g/mol. The van der Waals surface area contributed by atoms with E-state index in [1.807, 2.05) is 18.2 Å². The molecule has 0 radical (unpaired) electrons. The second-order valence-electron chi connectivity index (χ2n) is 3.62. The zero-order valence-corrected chi connectivity index (χ0v) is 9.02. The number of aliphatic hydroxyl groups is 1. The Hall–Kier alpha value is -2.14. The zero-order valence-electron chi connectivity index (χ0n) is 9.02. The number of imidazole rings is 1. The summed E-state index contributed by atoms with van der Waals surface area (Å²) >= 11 is 0. The van der Waals surface area contributed by atoms with Crippen LogP contribution >= 0.6 is 0 Å². The molecule has 2 N–H and O–H groups in total. The summed E-state index contributed by atoms with van der Waals surface area (Å²) < 4.78 is 1.42. The molecule has 0 amide bonds. The van der Waals surface area contributed by atoms with E-state index in [9.17, 15) is 9.90 Å². The Balaban J connectivity index is 2.28. The van der Waals surface area contributed by atoms with Crippen LogP contribution < -0.4 is 0 Å². The lowest BCUT2D eigenvalue weighted by Gasteiger charge is -2.12. The normalized spacial score (nSPS) is 12.3. The molecule has 1 aromatic carbocycles. The molecule has 2 rings (SSSR count). The Bertz CT molecular complexity index is 507. The number of carboxylic acids is 1. The van der Waals surface area contributed by atoms with E-state index in [4.69, 9.17) is 5.11 Å². The minimum absolute atomic E-state index is 0.209. The molecule has 17 heavy (non-hydrogen) atoms. The maximum absolute atomic E-state index is 10.6. The summed E-state index contributed by atoms with van der Waals surface area (Å²) in [6, 6.07) is 9.00. The largest absolute Gasteiger partial charge is 0.480 e. The van der Waals surface area contributed by atoms with Gasteiger partial charge in [-0.2, -0.15) is 0 Å². The molecule has 0 aliphatic carbocycles. The summed E-state index contributed by atoms with van der Waals surface area (Å²) in [5, 5.41) is 18.8. The van der Waals surface area contributed by atoms with Crippen LogP contribution in [0.3, 0.4) is 0 Å². The van der Waals surface area contributed by atoms with Gasteiger partial charge < -0.3 is 14.8 Å².